The maximum Gasteiger partial charge on any atom is 0.230 e. The number of carbonyl (C=O) groups is 2. The second kappa shape index (κ2) is 9.47. The summed E-state index contributed by atoms with van der Waals surface area (Å²) in [5, 5.41) is 4.26. The maximum absolute atomic E-state index is 13.4. The minimum atomic E-state index is -0.669. The summed E-state index contributed by atoms with van der Waals surface area (Å²) in [7, 11) is 3.59. The van der Waals surface area contributed by atoms with Crippen LogP contribution in [-0.2, 0) is 16.0 Å². The van der Waals surface area contributed by atoms with Gasteiger partial charge in [-0.1, -0.05) is 47.8 Å². The summed E-state index contributed by atoms with van der Waals surface area (Å²) in [5.74, 6) is 1.46. The number of piperidine rings is 1. The Bertz CT molecular complexity index is 943. The lowest BCUT2D eigenvalue weighted by molar-refractivity contribution is -0.147. The van der Waals surface area contributed by atoms with Gasteiger partial charge in [0.1, 0.15) is 11.5 Å². The van der Waals surface area contributed by atoms with E-state index in [4.69, 9.17) is 4.52 Å². The highest BCUT2D eigenvalue weighted by Gasteiger charge is 2.45. The Morgan fingerprint density at radius 3 is 2.56 bits per heavy atom. The van der Waals surface area contributed by atoms with Crippen LogP contribution in [0.25, 0.3) is 11.3 Å². The van der Waals surface area contributed by atoms with Gasteiger partial charge in [0.2, 0.25) is 11.8 Å². The number of carbonyl (C=O) groups excluding carboxylic acids is 2. The van der Waals surface area contributed by atoms with Crippen LogP contribution in [-0.4, -0.2) is 54.0 Å². The third-order valence-corrected chi connectivity index (χ3v) is 7.15. The Labute approximate surface area is 190 Å². The van der Waals surface area contributed by atoms with Gasteiger partial charge in [-0.3, -0.25) is 9.59 Å². The van der Waals surface area contributed by atoms with Crippen molar-refractivity contribution >= 4 is 11.8 Å². The molecule has 1 aliphatic heterocycles. The van der Waals surface area contributed by atoms with Crippen molar-refractivity contribution < 1.29 is 14.1 Å². The SMILES string of the molecule is Cc1ccc(-c2cc(C[C@]3(C(=O)N(C)C)CCCN(C(=O)CC4CCCC4)C3)on2)cc1. The quantitative estimate of drug-likeness (QED) is 0.669. The summed E-state index contributed by atoms with van der Waals surface area (Å²) >= 11 is 0. The predicted molar refractivity (Wildman–Crippen MR) is 124 cm³/mol. The Hall–Kier alpha value is -2.63. The number of nitrogens with zero attached hydrogens (tertiary/aromatic N) is 3. The number of rotatable bonds is 6. The zero-order valence-corrected chi connectivity index (χ0v) is 19.6. The van der Waals surface area contributed by atoms with Gasteiger partial charge in [-0.25, -0.2) is 0 Å². The van der Waals surface area contributed by atoms with E-state index in [0.717, 1.165) is 43.5 Å². The largest absolute Gasteiger partial charge is 0.361 e. The van der Waals surface area contributed by atoms with E-state index in [-0.39, 0.29) is 11.8 Å². The van der Waals surface area contributed by atoms with Gasteiger partial charge in [-0.15, -0.1) is 0 Å². The van der Waals surface area contributed by atoms with Crippen LogP contribution in [0.2, 0.25) is 0 Å². The average molecular weight is 438 g/mol. The zero-order chi connectivity index (χ0) is 22.7. The molecular weight excluding hydrogens is 402 g/mol. The van der Waals surface area contributed by atoms with Crippen molar-refractivity contribution in [2.75, 3.05) is 27.2 Å². The molecule has 172 valence electrons. The molecule has 0 bridgehead atoms. The van der Waals surface area contributed by atoms with E-state index in [1.165, 1.54) is 18.4 Å². The molecule has 1 aliphatic carbocycles. The highest BCUT2D eigenvalue weighted by molar-refractivity contribution is 5.84. The van der Waals surface area contributed by atoms with E-state index < -0.39 is 5.41 Å². The number of aryl methyl sites for hydroxylation is 1. The summed E-state index contributed by atoms with van der Waals surface area (Å²) < 4.78 is 5.69. The molecule has 32 heavy (non-hydrogen) atoms. The lowest BCUT2D eigenvalue weighted by Crippen LogP contribution is -2.54. The van der Waals surface area contributed by atoms with Gasteiger partial charge >= 0.3 is 0 Å². The molecule has 6 nitrogen and oxygen atoms in total. The Kier molecular flexibility index (Phi) is 6.68. The third-order valence-electron chi connectivity index (χ3n) is 7.15. The van der Waals surface area contributed by atoms with Crippen LogP contribution in [0.15, 0.2) is 34.9 Å². The first-order chi connectivity index (χ1) is 15.4. The van der Waals surface area contributed by atoms with Crippen LogP contribution in [0.3, 0.4) is 0 Å². The summed E-state index contributed by atoms with van der Waals surface area (Å²) in [6, 6.07) is 10.1. The molecule has 4 rings (SSSR count). The van der Waals surface area contributed by atoms with Crippen molar-refractivity contribution in [1.82, 2.24) is 15.0 Å². The van der Waals surface area contributed by atoms with Crippen LogP contribution >= 0.6 is 0 Å². The summed E-state index contributed by atoms with van der Waals surface area (Å²) in [4.78, 5) is 30.0. The van der Waals surface area contributed by atoms with Crippen LogP contribution in [0, 0.1) is 18.3 Å². The van der Waals surface area contributed by atoms with Crippen molar-refractivity contribution in [3.8, 4) is 11.3 Å². The zero-order valence-electron chi connectivity index (χ0n) is 19.6. The minimum Gasteiger partial charge on any atom is -0.361 e. The fraction of sp³-hybridized carbons (Fsp3) is 0.577. The van der Waals surface area contributed by atoms with E-state index >= 15 is 0 Å². The molecule has 1 saturated carbocycles. The molecule has 2 amide bonds. The van der Waals surface area contributed by atoms with Crippen LogP contribution in [0.1, 0.15) is 56.3 Å². The minimum absolute atomic E-state index is 0.0594. The van der Waals surface area contributed by atoms with Crippen LogP contribution in [0.5, 0.6) is 0 Å². The lowest BCUT2D eigenvalue weighted by atomic mass is 9.75. The molecule has 2 aromatic rings. The van der Waals surface area contributed by atoms with Gasteiger partial charge in [-0.05, 0) is 38.5 Å². The molecule has 0 spiro atoms. The first kappa shape index (κ1) is 22.6. The molecular formula is C26H35N3O3. The van der Waals surface area contributed by atoms with Gasteiger partial charge in [0.15, 0.2) is 0 Å². The Morgan fingerprint density at radius 1 is 1.16 bits per heavy atom. The average Bonchev–Trinajstić information content (AvgIpc) is 3.46. The normalized spacial score (nSPS) is 21.7. The molecule has 2 aliphatic rings. The van der Waals surface area contributed by atoms with Gasteiger partial charge < -0.3 is 14.3 Å². The van der Waals surface area contributed by atoms with Gasteiger partial charge in [0.05, 0.1) is 5.41 Å². The van der Waals surface area contributed by atoms with Crippen LogP contribution in [0.4, 0.5) is 0 Å². The highest BCUT2D eigenvalue weighted by Crippen LogP contribution is 2.37. The standard InChI is InChI=1S/C26H35N3O3/c1-19-9-11-21(12-10-19)23-16-22(32-27-23)17-26(25(31)28(2)3)13-6-14-29(18-26)24(30)15-20-7-4-5-8-20/h9-12,16,20H,4-8,13-15,17-18H2,1-3H3/t26-/m1/s1. The second-order valence-corrected chi connectivity index (χ2v) is 9.97. The molecule has 0 radical (unpaired) electrons. The van der Waals surface area contributed by atoms with Crippen molar-refractivity contribution in [3.05, 3.63) is 41.7 Å². The summed E-state index contributed by atoms with van der Waals surface area (Å²) in [6.45, 7) is 3.24. The lowest BCUT2D eigenvalue weighted by Gasteiger charge is -2.42. The first-order valence-electron chi connectivity index (χ1n) is 11.9. The maximum atomic E-state index is 13.4. The van der Waals surface area contributed by atoms with Gasteiger partial charge in [0, 0.05) is 51.7 Å². The number of likely N-dealkylation sites (tertiary alicyclic amines) is 1. The monoisotopic (exact) mass is 437 g/mol. The molecule has 1 atom stereocenters. The van der Waals surface area contributed by atoms with Crippen LogP contribution < -0.4 is 0 Å². The first-order valence-corrected chi connectivity index (χ1v) is 11.9. The number of hydrogen-bond acceptors (Lipinski definition) is 4. The highest BCUT2D eigenvalue weighted by atomic mass is 16.5. The van der Waals surface area contributed by atoms with Crippen molar-refractivity contribution in [2.45, 2.75) is 58.3 Å². The molecule has 1 aromatic carbocycles. The van der Waals surface area contributed by atoms with Gasteiger partial charge in [-0.2, -0.15) is 0 Å². The van der Waals surface area contributed by atoms with E-state index in [1.54, 1.807) is 19.0 Å². The topological polar surface area (TPSA) is 66.7 Å². The van der Waals surface area contributed by atoms with E-state index in [9.17, 15) is 9.59 Å². The summed E-state index contributed by atoms with van der Waals surface area (Å²) in [6.07, 6.45) is 7.42. The van der Waals surface area contributed by atoms with Gasteiger partial charge in [0.25, 0.3) is 0 Å². The van der Waals surface area contributed by atoms with Crippen molar-refractivity contribution in [1.29, 1.82) is 0 Å². The Morgan fingerprint density at radius 2 is 1.88 bits per heavy atom. The van der Waals surface area contributed by atoms with Crippen molar-refractivity contribution in [2.24, 2.45) is 11.3 Å². The molecule has 2 heterocycles. The molecule has 6 heteroatoms. The molecule has 0 unspecified atom stereocenters. The second-order valence-electron chi connectivity index (χ2n) is 9.97. The molecule has 1 aromatic heterocycles. The smallest absolute Gasteiger partial charge is 0.230 e. The fourth-order valence-corrected chi connectivity index (χ4v) is 5.39. The summed E-state index contributed by atoms with van der Waals surface area (Å²) in [5.41, 5.74) is 2.29. The third kappa shape index (κ3) is 4.89. The number of hydrogen-bond donors (Lipinski definition) is 0. The molecule has 1 saturated heterocycles. The predicted octanol–water partition coefficient (Wildman–Crippen LogP) is 4.47. The fourth-order valence-electron chi connectivity index (χ4n) is 5.39. The number of aromatic nitrogens is 1. The number of amides is 2. The van der Waals surface area contributed by atoms with Crippen molar-refractivity contribution in [3.63, 3.8) is 0 Å². The molecule has 2 fully saturated rings. The van der Waals surface area contributed by atoms with E-state index in [0.29, 0.717) is 31.1 Å². The number of benzene rings is 1. The Balaban J connectivity index is 1.53. The van der Waals surface area contributed by atoms with E-state index in [1.807, 2.05) is 23.1 Å². The van der Waals surface area contributed by atoms with E-state index in [2.05, 4.69) is 24.2 Å². The molecule has 0 N–H and O–H groups in total.